The van der Waals surface area contributed by atoms with Crippen molar-refractivity contribution in [2.75, 3.05) is 11.9 Å². The van der Waals surface area contributed by atoms with Gasteiger partial charge in [0, 0.05) is 5.69 Å². The van der Waals surface area contributed by atoms with E-state index in [1.807, 2.05) is 43.3 Å². The maximum absolute atomic E-state index is 12.7. The third kappa shape index (κ3) is 4.03. The van der Waals surface area contributed by atoms with Gasteiger partial charge in [-0.05, 0) is 37.6 Å². The average Bonchev–Trinajstić information content (AvgIpc) is 3.02. The number of carbonyl (C=O) groups excluding carboxylic acids is 1. The van der Waals surface area contributed by atoms with E-state index in [-0.39, 0.29) is 5.91 Å². The first-order chi connectivity index (χ1) is 12.2. The lowest BCUT2D eigenvalue weighted by Gasteiger charge is -2.12. The fourth-order valence-corrected chi connectivity index (χ4v) is 2.50. The van der Waals surface area contributed by atoms with Crippen molar-refractivity contribution in [2.24, 2.45) is 0 Å². The van der Waals surface area contributed by atoms with E-state index in [9.17, 15) is 4.79 Å². The zero-order valence-electron chi connectivity index (χ0n) is 14.2. The largest absolute Gasteiger partial charge is 0.493 e. The van der Waals surface area contributed by atoms with Crippen LogP contribution in [0.2, 0.25) is 0 Å². The number of benzene rings is 2. The molecule has 6 nitrogen and oxygen atoms in total. The smallest absolute Gasteiger partial charge is 0.259 e. The molecule has 0 spiro atoms. The van der Waals surface area contributed by atoms with Crippen LogP contribution >= 0.6 is 0 Å². The Morgan fingerprint density at radius 1 is 1.16 bits per heavy atom. The van der Waals surface area contributed by atoms with E-state index in [1.165, 1.54) is 0 Å². The second-order valence-corrected chi connectivity index (χ2v) is 5.45. The highest BCUT2D eigenvalue weighted by atomic mass is 16.5. The molecule has 0 fully saturated rings. The molecular formula is C19H19N3O3. The van der Waals surface area contributed by atoms with Gasteiger partial charge in [0.25, 0.3) is 5.91 Å². The normalized spacial score (nSPS) is 10.5. The molecule has 1 amide bonds. The van der Waals surface area contributed by atoms with E-state index in [0.29, 0.717) is 41.7 Å². The number of nitrogens with one attached hydrogen (secondary N) is 1. The summed E-state index contributed by atoms with van der Waals surface area (Å²) < 4.78 is 10.7. The topological polar surface area (TPSA) is 77.2 Å². The van der Waals surface area contributed by atoms with Gasteiger partial charge in [-0.15, -0.1) is 0 Å². The Labute approximate surface area is 145 Å². The van der Waals surface area contributed by atoms with Crippen LogP contribution < -0.4 is 10.1 Å². The summed E-state index contributed by atoms with van der Waals surface area (Å²) in [4.78, 5) is 16.9. The lowest BCUT2D eigenvalue weighted by atomic mass is 10.1. The number of para-hydroxylation sites is 2. The van der Waals surface area contributed by atoms with Crippen LogP contribution in [0.4, 0.5) is 5.69 Å². The number of hydrogen-bond acceptors (Lipinski definition) is 5. The van der Waals surface area contributed by atoms with Crippen LogP contribution in [0.1, 0.15) is 34.6 Å². The van der Waals surface area contributed by atoms with Gasteiger partial charge < -0.3 is 14.6 Å². The lowest BCUT2D eigenvalue weighted by molar-refractivity contribution is 0.102. The molecule has 3 rings (SSSR count). The molecule has 1 N–H and O–H groups in total. The molecule has 0 radical (unpaired) electrons. The van der Waals surface area contributed by atoms with Crippen LogP contribution in [-0.2, 0) is 6.42 Å². The lowest BCUT2D eigenvalue weighted by Crippen LogP contribution is -2.15. The highest BCUT2D eigenvalue weighted by Gasteiger charge is 2.15. The van der Waals surface area contributed by atoms with E-state index in [1.54, 1.807) is 19.1 Å². The molecule has 0 aliphatic carbocycles. The van der Waals surface area contributed by atoms with Gasteiger partial charge in [0.05, 0.1) is 18.6 Å². The van der Waals surface area contributed by atoms with Crippen molar-refractivity contribution in [1.82, 2.24) is 10.1 Å². The summed E-state index contributed by atoms with van der Waals surface area (Å²) >= 11 is 0. The third-order valence-electron chi connectivity index (χ3n) is 3.61. The van der Waals surface area contributed by atoms with Crippen LogP contribution in [0.15, 0.2) is 53.1 Å². The Kier molecular flexibility index (Phi) is 5.09. The van der Waals surface area contributed by atoms with Crippen LogP contribution in [0.5, 0.6) is 5.75 Å². The molecule has 0 aliphatic heterocycles. The number of aryl methyl sites for hydroxylation is 1. The molecule has 2 aromatic carbocycles. The summed E-state index contributed by atoms with van der Waals surface area (Å²) in [5.41, 5.74) is 2.09. The quantitative estimate of drug-likeness (QED) is 0.743. The molecule has 0 unspecified atom stereocenters. The van der Waals surface area contributed by atoms with Crippen molar-refractivity contribution in [3.05, 3.63) is 71.4 Å². The molecule has 25 heavy (non-hydrogen) atoms. The van der Waals surface area contributed by atoms with Gasteiger partial charge in [-0.25, -0.2) is 0 Å². The average molecular weight is 337 g/mol. The van der Waals surface area contributed by atoms with E-state index >= 15 is 0 Å². The third-order valence-corrected chi connectivity index (χ3v) is 3.61. The van der Waals surface area contributed by atoms with Crippen molar-refractivity contribution in [1.29, 1.82) is 0 Å². The van der Waals surface area contributed by atoms with Gasteiger partial charge in [-0.2, -0.15) is 4.98 Å². The predicted octanol–water partition coefficient (Wildman–Crippen LogP) is 3.62. The minimum atomic E-state index is -0.224. The number of amides is 1. The van der Waals surface area contributed by atoms with E-state index in [2.05, 4.69) is 15.5 Å². The fraction of sp³-hybridized carbons (Fsp3) is 0.211. The molecule has 1 heterocycles. The minimum absolute atomic E-state index is 0.224. The van der Waals surface area contributed by atoms with E-state index in [4.69, 9.17) is 9.26 Å². The van der Waals surface area contributed by atoms with Crippen molar-refractivity contribution < 1.29 is 14.1 Å². The second-order valence-electron chi connectivity index (χ2n) is 5.45. The summed E-state index contributed by atoms with van der Waals surface area (Å²) in [7, 11) is 0. The number of rotatable bonds is 6. The molecule has 0 saturated carbocycles. The number of nitrogens with zero attached hydrogens (tertiary/aromatic N) is 2. The zero-order valence-corrected chi connectivity index (χ0v) is 14.2. The first-order valence-corrected chi connectivity index (χ1v) is 8.07. The van der Waals surface area contributed by atoms with Gasteiger partial charge >= 0.3 is 0 Å². The van der Waals surface area contributed by atoms with Crippen molar-refractivity contribution in [3.63, 3.8) is 0 Å². The summed E-state index contributed by atoms with van der Waals surface area (Å²) in [6.45, 7) is 4.15. The number of hydrogen-bond donors (Lipinski definition) is 1. The van der Waals surface area contributed by atoms with E-state index in [0.717, 1.165) is 5.56 Å². The first-order valence-electron chi connectivity index (χ1n) is 8.07. The number of anilines is 1. The van der Waals surface area contributed by atoms with Crippen molar-refractivity contribution >= 4 is 11.6 Å². The number of ether oxygens (including phenoxy) is 1. The number of carbonyl (C=O) groups is 1. The summed E-state index contributed by atoms with van der Waals surface area (Å²) in [6, 6.07) is 14.7. The maximum Gasteiger partial charge on any atom is 0.259 e. The molecule has 6 heteroatoms. The maximum atomic E-state index is 12.7. The summed E-state index contributed by atoms with van der Waals surface area (Å²) in [5.74, 6) is 1.43. The van der Waals surface area contributed by atoms with Gasteiger partial charge in [0.1, 0.15) is 5.75 Å². The Morgan fingerprint density at radius 3 is 2.68 bits per heavy atom. The van der Waals surface area contributed by atoms with Crippen LogP contribution in [0.25, 0.3) is 0 Å². The zero-order chi connectivity index (χ0) is 17.6. The SMILES string of the molecule is CCOc1ccccc1C(=O)Nc1ccccc1Cc1nc(C)no1. The molecule has 0 saturated heterocycles. The second kappa shape index (κ2) is 7.61. The molecule has 128 valence electrons. The van der Waals surface area contributed by atoms with Gasteiger partial charge in [0.2, 0.25) is 5.89 Å². The molecule has 0 aliphatic rings. The van der Waals surface area contributed by atoms with Crippen LogP contribution in [0, 0.1) is 6.92 Å². The Morgan fingerprint density at radius 2 is 1.92 bits per heavy atom. The Balaban J connectivity index is 1.82. The Bertz CT molecular complexity index is 874. The molecule has 3 aromatic rings. The summed E-state index contributed by atoms with van der Waals surface area (Å²) in [5, 5.41) is 6.74. The standard InChI is InChI=1S/C19H19N3O3/c1-3-24-17-11-7-5-9-15(17)19(23)21-16-10-6-4-8-14(16)12-18-20-13(2)22-25-18/h4-11H,3,12H2,1-2H3,(H,21,23). The highest BCUT2D eigenvalue weighted by Crippen LogP contribution is 2.23. The van der Waals surface area contributed by atoms with Crippen molar-refractivity contribution in [3.8, 4) is 5.75 Å². The molecular weight excluding hydrogens is 318 g/mol. The monoisotopic (exact) mass is 337 g/mol. The Hall–Kier alpha value is -3.15. The minimum Gasteiger partial charge on any atom is -0.493 e. The fourth-order valence-electron chi connectivity index (χ4n) is 2.50. The van der Waals surface area contributed by atoms with Crippen LogP contribution in [0.3, 0.4) is 0 Å². The molecule has 0 atom stereocenters. The molecule has 1 aromatic heterocycles. The predicted molar refractivity (Wildman–Crippen MR) is 93.8 cm³/mol. The van der Waals surface area contributed by atoms with Gasteiger partial charge in [-0.3, -0.25) is 4.79 Å². The highest BCUT2D eigenvalue weighted by molar-refractivity contribution is 6.06. The first kappa shape index (κ1) is 16.7. The van der Waals surface area contributed by atoms with Crippen molar-refractivity contribution in [2.45, 2.75) is 20.3 Å². The summed E-state index contributed by atoms with van der Waals surface area (Å²) in [6.07, 6.45) is 0.449. The van der Waals surface area contributed by atoms with E-state index < -0.39 is 0 Å². The van der Waals surface area contributed by atoms with Crippen LogP contribution in [-0.4, -0.2) is 22.7 Å². The molecule has 0 bridgehead atoms. The number of aromatic nitrogens is 2. The van der Waals surface area contributed by atoms with Gasteiger partial charge in [-0.1, -0.05) is 35.5 Å². The van der Waals surface area contributed by atoms with Gasteiger partial charge in [0.15, 0.2) is 5.82 Å².